The molecule has 2 aromatic heterocycles. The van der Waals surface area contributed by atoms with Crippen LogP contribution in [-0.4, -0.2) is 38.4 Å². The van der Waals surface area contributed by atoms with Gasteiger partial charge in [0.2, 0.25) is 5.88 Å². The van der Waals surface area contributed by atoms with Crippen LogP contribution in [0, 0.1) is 0 Å². The maximum absolute atomic E-state index is 12.3. The van der Waals surface area contributed by atoms with E-state index in [4.69, 9.17) is 0 Å². The molecule has 7 nitrogen and oxygen atoms in total. The summed E-state index contributed by atoms with van der Waals surface area (Å²) in [5.74, 6) is 0.529. The molecule has 0 aliphatic carbocycles. The number of halogens is 3. The topological polar surface area (TPSA) is 81.9 Å². The lowest BCUT2D eigenvalue weighted by atomic mass is 10.2. The van der Waals surface area contributed by atoms with E-state index in [1.807, 2.05) is 4.57 Å². The number of aryl methyl sites for hydroxylation is 1. The third-order valence-corrected chi connectivity index (χ3v) is 3.48. The second-order valence-corrected chi connectivity index (χ2v) is 5.23. The zero-order chi connectivity index (χ0) is 17.2. The lowest BCUT2D eigenvalue weighted by Crippen LogP contribution is -2.26. The van der Waals surface area contributed by atoms with Crippen LogP contribution in [0.2, 0.25) is 0 Å². The number of carbonyl (C=O) groups excluding carboxylic acids is 1. The van der Waals surface area contributed by atoms with E-state index >= 15 is 0 Å². The Balaban J connectivity index is 1.66. The van der Waals surface area contributed by atoms with E-state index in [0.29, 0.717) is 5.82 Å². The third-order valence-electron chi connectivity index (χ3n) is 3.48. The first kappa shape index (κ1) is 16.2. The molecular formula is C14H14F3N5O2. The molecule has 1 aliphatic rings. The number of fused-ring (bicyclic) bond motifs is 1. The molecule has 1 aliphatic heterocycles. The molecule has 0 atom stereocenters. The number of hydrogen-bond acceptors (Lipinski definition) is 5. The number of hydrogen-bond donors (Lipinski definition) is 1. The van der Waals surface area contributed by atoms with Crippen LogP contribution in [0.15, 0.2) is 18.3 Å². The molecule has 3 rings (SSSR count). The summed E-state index contributed by atoms with van der Waals surface area (Å²) in [6, 6.07) is 2.80. The highest BCUT2D eigenvalue weighted by atomic mass is 19.4. The summed E-state index contributed by atoms with van der Waals surface area (Å²) in [6.45, 7) is -0.595. The van der Waals surface area contributed by atoms with E-state index in [2.05, 4.69) is 25.2 Å². The van der Waals surface area contributed by atoms with E-state index in [-0.39, 0.29) is 18.0 Å². The number of aromatic nitrogens is 4. The molecule has 128 valence electrons. The number of pyridine rings is 1. The van der Waals surface area contributed by atoms with E-state index in [1.165, 1.54) is 18.3 Å². The molecule has 1 amide bonds. The highest BCUT2D eigenvalue weighted by molar-refractivity contribution is 5.96. The number of nitrogens with zero attached hydrogens (tertiary/aromatic N) is 4. The van der Waals surface area contributed by atoms with Gasteiger partial charge in [-0.1, -0.05) is 0 Å². The number of rotatable bonds is 5. The number of nitrogens with one attached hydrogen (secondary N) is 1. The van der Waals surface area contributed by atoms with Gasteiger partial charge in [0.05, 0.1) is 6.54 Å². The molecule has 10 heteroatoms. The average Bonchev–Trinajstić information content (AvgIpc) is 3.14. The molecule has 0 radical (unpaired) electrons. The van der Waals surface area contributed by atoms with Crippen LogP contribution in [0.1, 0.15) is 28.4 Å². The summed E-state index contributed by atoms with van der Waals surface area (Å²) in [5, 5.41) is 10.6. The van der Waals surface area contributed by atoms with Crippen molar-refractivity contribution in [2.24, 2.45) is 0 Å². The standard InChI is InChI=1S/C14H14F3N5O2/c15-14(16,17)8-24-13-9(3-1-5-18-13)12(23)19-7-11-21-20-10-4-2-6-22(10)11/h1,3,5H,2,4,6-8H2,(H,19,23). The van der Waals surface area contributed by atoms with Crippen molar-refractivity contribution in [1.82, 2.24) is 25.1 Å². The SMILES string of the molecule is O=C(NCc1nnc2n1CCC2)c1cccnc1OCC(F)(F)F. The Morgan fingerprint density at radius 1 is 1.38 bits per heavy atom. The number of alkyl halides is 3. The van der Waals surface area contributed by atoms with Gasteiger partial charge in [0, 0.05) is 19.2 Å². The number of carbonyl (C=O) groups is 1. The monoisotopic (exact) mass is 341 g/mol. The van der Waals surface area contributed by atoms with Gasteiger partial charge >= 0.3 is 6.18 Å². The van der Waals surface area contributed by atoms with Crippen LogP contribution in [-0.2, 0) is 19.5 Å². The highest BCUT2D eigenvalue weighted by Crippen LogP contribution is 2.20. The largest absolute Gasteiger partial charge is 0.467 e. The second-order valence-electron chi connectivity index (χ2n) is 5.23. The van der Waals surface area contributed by atoms with Gasteiger partial charge in [-0.05, 0) is 18.6 Å². The molecule has 0 fully saturated rings. The van der Waals surface area contributed by atoms with Crippen LogP contribution in [0.3, 0.4) is 0 Å². The van der Waals surface area contributed by atoms with Crippen molar-refractivity contribution in [3.05, 3.63) is 35.5 Å². The minimum absolute atomic E-state index is 0.0667. The molecule has 0 saturated carbocycles. The zero-order valence-electron chi connectivity index (χ0n) is 12.5. The van der Waals surface area contributed by atoms with Gasteiger partial charge in [0.25, 0.3) is 5.91 Å². The van der Waals surface area contributed by atoms with Crippen LogP contribution in [0.4, 0.5) is 13.2 Å². The van der Waals surface area contributed by atoms with E-state index in [0.717, 1.165) is 25.2 Å². The van der Waals surface area contributed by atoms with Gasteiger partial charge in [-0.2, -0.15) is 13.2 Å². The summed E-state index contributed by atoms with van der Waals surface area (Å²) in [4.78, 5) is 15.9. The molecule has 3 heterocycles. The Morgan fingerprint density at radius 2 is 2.21 bits per heavy atom. The first-order valence-electron chi connectivity index (χ1n) is 7.28. The van der Waals surface area contributed by atoms with Gasteiger partial charge in [-0.3, -0.25) is 4.79 Å². The Bertz CT molecular complexity index is 744. The first-order valence-corrected chi connectivity index (χ1v) is 7.28. The van der Waals surface area contributed by atoms with Crippen LogP contribution < -0.4 is 10.1 Å². The van der Waals surface area contributed by atoms with E-state index < -0.39 is 18.7 Å². The van der Waals surface area contributed by atoms with Crippen molar-refractivity contribution in [2.45, 2.75) is 32.1 Å². The summed E-state index contributed by atoms with van der Waals surface area (Å²) in [7, 11) is 0. The fourth-order valence-electron chi connectivity index (χ4n) is 2.42. The van der Waals surface area contributed by atoms with Crippen molar-refractivity contribution in [1.29, 1.82) is 0 Å². The molecule has 0 bridgehead atoms. The Kier molecular flexibility index (Phi) is 4.36. The lowest BCUT2D eigenvalue weighted by Gasteiger charge is -2.12. The minimum Gasteiger partial charge on any atom is -0.467 e. The van der Waals surface area contributed by atoms with E-state index in [9.17, 15) is 18.0 Å². The highest BCUT2D eigenvalue weighted by Gasteiger charge is 2.29. The van der Waals surface area contributed by atoms with Crippen LogP contribution >= 0.6 is 0 Å². The molecule has 0 aromatic carbocycles. The quantitative estimate of drug-likeness (QED) is 0.891. The molecule has 0 saturated heterocycles. The normalized spacial score (nSPS) is 13.6. The van der Waals surface area contributed by atoms with Crippen molar-refractivity contribution >= 4 is 5.91 Å². The van der Waals surface area contributed by atoms with Crippen molar-refractivity contribution in [2.75, 3.05) is 6.61 Å². The second kappa shape index (κ2) is 6.46. The van der Waals surface area contributed by atoms with Crippen molar-refractivity contribution in [3.63, 3.8) is 0 Å². The molecule has 24 heavy (non-hydrogen) atoms. The van der Waals surface area contributed by atoms with Crippen molar-refractivity contribution < 1.29 is 22.7 Å². The molecule has 1 N–H and O–H groups in total. The maximum atomic E-state index is 12.3. The Hall–Kier alpha value is -2.65. The molecule has 0 unspecified atom stereocenters. The van der Waals surface area contributed by atoms with Crippen molar-refractivity contribution in [3.8, 4) is 5.88 Å². The summed E-state index contributed by atoms with van der Waals surface area (Å²) >= 11 is 0. The van der Waals surface area contributed by atoms with Gasteiger partial charge < -0.3 is 14.6 Å². The Labute approximate surface area is 134 Å². The first-order chi connectivity index (χ1) is 11.4. The van der Waals surface area contributed by atoms with Gasteiger partial charge in [0.15, 0.2) is 12.4 Å². The van der Waals surface area contributed by atoms with Gasteiger partial charge in [-0.25, -0.2) is 4.98 Å². The predicted molar refractivity (Wildman–Crippen MR) is 75.3 cm³/mol. The summed E-state index contributed by atoms with van der Waals surface area (Å²) < 4.78 is 43.3. The minimum atomic E-state index is -4.51. The molecule has 0 spiro atoms. The summed E-state index contributed by atoms with van der Waals surface area (Å²) in [6.07, 6.45) is -1.43. The maximum Gasteiger partial charge on any atom is 0.422 e. The lowest BCUT2D eigenvalue weighted by molar-refractivity contribution is -0.154. The van der Waals surface area contributed by atoms with Gasteiger partial charge in [-0.15, -0.1) is 10.2 Å². The Morgan fingerprint density at radius 3 is 3.00 bits per heavy atom. The van der Waals surface area contributed by atoms with Crippen LogP contribution in [0.5, 0.6) is 5.88 Å². The zero-order valence-corrected chi connectivity index (χ0v) is 12.5. The van der Waals surface area contributed by atoms with Crippen LogP contribution in [0.25, 0.3) is 0 Å². The van der Waals surface area contributed by atoms with Gasteiger partial charge in [0.1, 0.15) is 11.4 Å². The summed E-state index contributed by atoms with van der Waals surface area (Å²) in [5.41, 5.74) is -0.0667. The number of ether oxygens (including phenoxy) is 1. The average molecular weight is 341 g/mol. The van der Waals surface area contributed by atoms with E-state index in [1.54, 1.807) is 0 Å². The molecule has 2 aromatic rings. The number of amides is 1. The fraction of sp³-hybridized carbons (Fsp3) is 0.429. The predicted octanol–water partition coefficient (Wildman–Crippen LogP) is 1.49. The third kappa shape index (κ3) is 3.63. The smallest absolute Gasteiger partial charge is 0.422 e. The molecular weight excluding hydrogens is 327 g/mol. The fourth-order valence-corrected chi connectivity index (χ4v) is 2.42.